The van der Waals surface area contributed by atoms with Crippen molar-refractivity contribution < 1.29 is 9.18 Å². The van der Waals surface area contributed by atoms with Crippen LogP contribution >= 0.6 is 27.7 Å². The van der Waals surface area contributed by atoms with Crippen LogP contribution in [0.2, 0.25) is 0 Å². The molecule has 76 valence electrons. The first-order valence-corrected chi connectivity index (χ1v) is 6.31. The third-order valence-corrected chi connectivity index (χ3v) is 2.99. The monoisotopic (exact) mass is 276 g/mol. The van der Waals surface area contributed by atoms with Gasteiger partial charge in [-0.15, -0.1) is 0 Å². The number of Topliss-reactive ketones (excluding diaryl/α,β-unsaturated/α-hetero) is 1. The van der Waals surface area contributed by atoms with Gasteiger partial charge in [-0.05, 0) is 40.4 Å². The van der Waals surface area contributed by atoms with E-state index in [2.05, 4.69) is 15.9 Å². The molecule has 0 saturated carbocycles. The number of rotatable bonds is 4. The fraction of sp³-hybridized carbons (Fsp3) is 0.300. The van der Waals surface area contributed by atoms with Crippen molar-refractivity contribution in [2.75, 3.05) is 12.0 Å². The van der Waals surface area contributed by atoms with Crippen molar-refractivity contribution in [1.82, 2.24) is 0 Å². The Morgan fingerprint density at radius 3 is 2.86 bits per heavy atom. The van der Waals surface area contributed by atoms with E-state index in [9.17, 15) is 9.18 Å². The molecule has 0 atom stereocenters. The first kappa shape index (κ1) is 11.7. The summed E-state index contributed by atoms with van der Waals surface area (Å²) in [6, 6.07) is 4.34. The maximum atomic E-state index is 12.9. The molecule has 1 aromatic rings. The van der Waals surface area contributed by atoms with Crippen molar-refractivity contribution in [3.63, 3.8) is 0 Å². The zero-order valence-corrected chi connectivity index (χ0v) is 10.1. The summed E-state index contributed by atoms with van der Waals surface area (Å²) >= 11 is 4.68. The minimum atomic E-state index is -0.341. The molecular formula is C10H10BrFOS. The molecule has 1 rings (SSSR count). The van der Waals surface area contributed by atoms with Gasteiger partial charge in [0.25, 0.3) is 0 Å². The molecule has 0 unspecified atom stereocenters. The number of thioether (sulfide) groups is 1. The van der Waals surface area contributed by atoms with Gasteiger partial charge in [-0.3, -0.25) is 4.79 Å². The molecule has 0 aromatic heterocycles. The molecule has 0 spiro atoms. The van der Waals surface area contributed by atoms with Crippen molar-refractivity contribution in [3.8, 4) is 0 Å². The van der Waals surface area contributed by atoms with Crippen LogP contribution in [0, 0.1) is 5.82 Å². The quantitative estimate of drug-likeness (QED) is 0.783. The predicted molar refractivity (Wildman–Crippen MR) is 61.4 cm³/mol. The number of ketones is 1. The fourth-order valence-corrected chi connectivity index (χ4v) is 1.78. The van der Waals surface area contributed by atoms with Gasteiger partial charge >= 0.3 is 0 Å². The second-order valence-corrected chi connectivity index (χ2v) is 4.63. The van der Waals surface area contributed by atoms with Crippen LogP contribution in [0.3, 0.4) is 0 Å². The largest absolute Gasteiger partial charge is 0.294 e. The summed E-state index contributed by atoms with van der Waals surface area (Å²) in [4.78, 5) is 11.5. The molecule has 0 saturated heterocycles. The second kappa shape index (κ2) is 5.51. The maximum Gasteiger partial charge on any atom is 0.163 e. The van der Waals surface area contributed by atoms with Crippen molar-refractivity contribution in [2.24, 2.45) is 0 Å². The first-order chi connectivity index (χ1) is 6.65. The van der Waals surface area contributed by atoms with Gasteiger partial charge in [0.05, 0.1) is 4.47 Å². The Morgan fingerprint density at radius 1 is 1.57 bits per heavy atom. The van der Waals surface area contributed by atoms with Crippen LogP contribution < -0.4 is 0 Å². The predicted octanol–water partition coefficient (Wildman–Crippen LogP) is 3.52. The van der Waals surface area contributed by atoms with Gasteiger partial charge < -0.3 is 0 Å². The number of hydrogen-bond donors (Lipinski definition) is 0. The average Bonchev–Trinajstić information content (AvgIpc) is 2.18. The lowest BCUT2D eigenvalue weighted by atomic mass is 10.1. The van der Waals surface area contributed by atoms with E-state index in [-0.39, 0.29) is 11.6 Å². The van der Waals surface area contributed by atoms with E-state index in [0.29, 0.717) is 16.5 Å². The molecule has 0 radical (unpaired) electrons. The molecular weight excluding hydrogens is 267 g/mol. The Balaban J connectivity index is 2.76. The zero-order chi connectivity index (χ0) is 10.6. The highest BCUT2D eigenvalue weighted by molar-refractivity contribution is 9.10. The van der Waals surface area contributed by atoms with Crippen molar-refractivity contribution in [3.05, 3.63) is 34.1 Å². The molecule has 0 aliphatic carbocycles. The van der Waals surface area contributed by atoms with E-state index >= 15 is 0 Å². The highest BCUT2D eigenvalue weighted by Gasteiger charge is 2.07. The van der Waals surface area contributed by atoms with Crippen LogP contribution in [0.25, 0.3) is 0 Å². The summed E-state index contributed by atoms with van der Waals surface area (Å²) in [5.74, 6) is 0.514. The molecule has 14 heavy (non-hydrogen) atoms. The van der Waals surface area contributed by atoms with Gasteiger partial charge in [-0.2, -0.15) is 11.8 Å². The van der Waals surface area contributed by atoms with Crippen LogP contribution in [0.4, 0.5) is 4.39 Å². The van der Waals surface area contributed by atoms with E-state index in [1.54, 1.807) is 11.8 Å². The molecule has 1 nitrogen and oxygen atoms in total. The van der Waals surface area contributed by atoms with Gasteiger partial charge in [0.15, 0.2) is 5.78 Å². The second-order valence-electron chi connectivity index (χ2n) is 2.79. The molecule has 0 aliphatic rings. The molecule has 0 aliphatic heterocycles. The minimum absolute atomic E-state index is 0.0556. The summed E-state index contributed by atoms with van der Waals surface area (Å²) in [6.45, 7) is 0. The summed E-state index contributed by atoms with van der Waals surface area (Å²) in [7, 11) is 0. The van der Waals surface area contributed by atoms with Crippen LogP contribution in [0.5, 0.6) is 0 Å². The highest BCUT2D eigenvalue weighted by Crippen LogP contribution is 2.18. The van der Waals surface area contributed by atoms with Crippen molar-refractivity contribution in [2.45, 2.75) is 6.42 Å². The SMILES string of the molecule is CSCCC(=O)c1ccc(F)c(Br)c1. The summed E-state index contributed by atoms with van der Waals surface area (Å²) in [6.07, 6.45) is 2.45. The number of carbonyl (C=O) groups is 1. The Hall–Kier alpha value is -0.350. The van der Waals surface area contributed by atoms with Gasteiger partial charge in [0, 0.05) is 17.7 Å². The summed E-state index contributed by atoms with van der Waals surface area (Å²) in [5.41, 5.74) is 0.562. The Kier molecular flexibility index (Phi) is 4.62. The topological polar surface area (TPSA) is 17.1 Å². The van der Waals surface area contributed by atoms with Gasteiger partial charge in [-0.25, -0.2) is 4.39 Å². The molecule has 0 amide bonds. The maximum absolute atomic E-state index is 12.9. The lowest BCUT2D eigenvalue weighted by Crippen LogP contribution is -2.00. The third-order valence-electron chi connectivity index (χ3n) is 1.77. The lowest BCUT2D eigenvalue weighted by molar-refractivity contribution is 0.0989. The molecule has 4 heteroatoms. The Bertz CT molecular complexity index is 341. The molecule has 1 aromatic carbocycles. The van der Waals surface area contributed by atoms with Gasteiger partial charge in [0.1, 0.15) is 5.82 Å². The number of carbonyl (C=O) groups excluding carboxylic acids is 1. The highest BCUT2D eigenvalue weighted by atomic mass is 79.9. The molecule has 0 heterocycles. The summed E-state index contributed by atoms with van der Waals surface area (Å²) in [5, 5.41) is 0. The lowest BCUT2D eigenvalue weighted by Gasteiger charge is -2.01. The van der Waals surface area contributed by atoms with Crippen LogP contribution in [-0.2, 0) is 0 Å². The molecule has 0 bridgehead atoms. The van der Waals surface area contributed by atoms with Gasteiger partial charge in [0.2, 0.25) is 0 Å². The van der Waals surface area contributed by atoms with Crippen molar-refractivity contribution >= 4 is 33.5 Å². The molecule has 0 fully saturated rings. The van der Waals surface area contributed by atoms with Crippen LogP contribution in [0.1, 0.15) is 16.8 Å². The summed E-state index contributed by atoms with van der Waals surface area (Å²) < 4.78 is 13.2. The smallest absolute Gasteiger partial charge is 0.163 e. The van der Waals surface area contributed by atoms with E-state index in [1.807, 2.05) is 6.26 Å². The third kappa shape index (κ3) is 3.10. The van der Waals surface area contributed by atoms with Crippen LogP contribution in [0.15, 0.2) is 22.7 Å². The number of benzene rings is 1. The van der Waals surface area contributed by atoms with Gasteiger partial charge in [-0.1, -0.05) is 0 Å². The van der Waals surface area contributed by atoms with E-state index in [4.69, 9.17) is 0 Å². The Morgan fingerprint density at radius 2 is 2.29 bits per heavy atom. The normalized spacial score (nSPS) is 10.2. The minimum Gasteiger partial charge on any atom is -0.294 e. The number of hydrogen-bond acceptors (Lipinski definition) is 2. The van der Waals surface area contributed by atoms with E-state index in [1.165, 1.54) is 18.2 Å². The number of halogens is 2. The van der Waals surface area contributed by atoms with Crippen molar-refractivity contribution in [1.29, 1.82) is 0 Å². The average molecular weight is 277 g/mol. The molecule has 0 N–H and O–H groups in total. The Labute approximate surface area is 95.2 Å². The zero-order valence-electron chi connectivity index (χ0n) is 7.72. The van der Waals surface area contributed by atoms with E-state index in [0.717, 1.165) is 5.75 Å². The van der Waals surface area contributed by atoms with E-state index < -0.39 is 0 Å². The van der Waals surface area contributed by atoms with Crippen LogP contribution in [-0.4, -0.2) is 17.8 Å². The fourth-order valence-electron chi connectivity index (χ4n) is 1.01. The standard InChI is InChI=1S/C10H10BrFOS/c1-14-5-4-10(13)7-2-3-9(12)8(11)6-7/h2-3,6H,4-5H2,1H3. The first-order valence-electron chi connectivity index (χ1n) is 4.12.